The Balaban J connectivity index is 2.26. The summed E-state index contributed by atoms with van der Waals surface area (Å²) in [7, 11) is 0. The molecule has 0 aliphatic carbocycles. The molecule has 0 radical (unpaired) electrons. The predicted molar refractivity (Wildman–Crippen MR) is 76.4 cm³/mol. The summed E-state index contributed by atoms with van der Waals surface area (Å²) in [4.78, 5) is 25.9. The number of carbonyl (C=O) groups excluding carboxylic acids is 2. The van der Waals surface area contributed by atoms with Crippen molar-refractivity contribution in [3.63, 3.8) is 0 Å². The van der Waals surface area contributed by atoms with Crippen LogP contribution < -0.4 is 5.32 Å². The topological polar surface area (TPSA) is 49.4 Å². The van der Waals surface area contributed by atoms with Gasteiger partial charge in [-0.15, -0.1) is 0 Å². The monoisotopic (exact) mass is 324 g/mol. The molecule has 1 aliphatic heterocycles. The van der Waals surface area contributed by atoms with Crippen molar-refractivity contribution in [3.05, 3.63) is 34.3 Å². The van der Waals surface area contributed by atoms with Gasteiger partial charge in [-0.2, -0.15) is 0 Å². The number of rotatable bonds is 2. The first kappa shape index (κ1) is 14.1. The van der Waals surface area contributed by atoms with Gasteiger partial charge in [0.05, 0.1) is 0 Å². The molecule has 2 rings (SSSR count). The molecule has 1 aromatic rings. The molecule has 1 fully saturated rings. The first-order chi connectivity index (χ1) is 8.81. The molecular formula is C14H17BrN2O2. The van der Waals surface area contributed by atoms with Crippen LogP contribution in [0, 0.1) is 0 Å². The Kier molecular flexibility index (Phi) is 3.67. The minimum atomic E-state index is -0.838. The van der Waals surface area contributed by atoms with Gasteiger partial charge in [0.25, 0.3) is 0 Å². The van der Waals surface area contributed by atoms with E-state index in [1.165, 1.54) is 0 Å². The fourth-order valence-corrected chi connectivity index (χ4v) is 2.63. The van der Waals surface area contributed by atoms with Crippen LogP contribution in [0.2, 0.25) is 0 Å². The van der Waals surface area contributed by atoms with Crippen LogP contribution in [-0.2, 0) is 16.1 Å². The van der Waals surface area contributed by atoms with Gasteiger partial charge in [0.1, 0.15) is 11.6 Å². The number of nitrogens with zero attached hydrogens (tertiary/aromatic N) is 1. The van der Waals surface area contributed by atoms with Crippen LogP contribution in [0.3, 0.4) is 0 Å². The van der Waals surface area contributed by atoms with E-state index in [1.54, 1.807) is 25.7 Å². The Hall–Kier alpha value is -1.36. The number of hydrogen-bond acceptors (Lipinski definition) is 2. The molecule has 0 bridgehead atoms. The lowest BCUT2D eigenvalue weighted by atomic mass is 9.97. The van der Waals surface area contributed by atoms with Crippen LogP contribution in [-0.4, -0.2) is 28.3 Å². The molecule has 1 saturated heterocycles. The number of nitrogens with one attached hydrogen (secondary N) is 1. The third-order valence-electron chi connectivity index (χ3n) is 3.32. The summed E-state index contributed by atoms with van der Waals surface area (Å²) in [6, 6.07) is 7.31. The van der Waals surface area contributed by atoms with E-state index in [9.17, 15) is 9.59 Å². The van der Waals surface area contributed by atoms with Gasteiger partial charge >= 0.3 is 0 Å². The minimum Gasteiger partial charge on any atom is -0.340 e. The standard InChI is InChI=1S/C14H17BrN2O2/c1-9-12(18)16-14(2,3)13(19)17(9)8-10-5-4-6-11(15)7-10/h4-7,9H,8H2,1-3H3,(H,16,18). The van der Waals surface area contributed by atoms with Crippen molar-refractivity contribution in [2.75, 3.05) is 0 Å². The summed E-state index contributed by atoms with van der Waals surface area (Å²) in [5.74, 6) is -0.167. The number of carbonyl (C=O) groups is 2. The first-order valence-corrected chi connectivity index (χ1v) is 6.98. The van der Waals surface area contributed by atoms with Gasteiger partial charge in [-0.25, -0.2) is 0 Å². The van der Waals surface area contributed by atoms with Crippen molar-refractivity contribution in [2.45, 2.75) is 38.9 Å². The Morgan fingerprint density at radius 3 is 2.68 bits per heavy atom. The van der Waals surface area contributed by atoms with E-state index in [2.05, 4.69) is 21.2 Å². The van der Waals surface area contributed by atoms with Gasteiger partial charge in [0.15, 0.2) is 0 Å². The number of amides is 2. The molecule has 19 heavy (non-hydrogen) atoms. The van der Waals surface area contributed by atoms with Crippen LogP contribution in [0.4, 0.5) is 0 Å². The Morgan fingerprint density at radius 2 is 2.05 bits per heavy atom. The van der Waals surface area contributed by atoms with E-state index in [1.807, 2.05) is 24.3 Å². The second-order valence-electron chi connectivity index (χ2n) is 5.35. The number of benzene rings is 1. The van der Waals surface area contributed by atoms with Gasteiger partial charge in [-0.1, -0.05) is 28.1 Å². The molecule has 1 heterocycles. The molecule has 2 amide bonds. The van der Waals surface area contributed by atoms with Crippen molar-refractivity contribution in [2.24, 2.45) is 0 Å². The smallest absolute Gasteiger partial charge is 0.248 e. The summed E-state index contributed by atoms with van der Waals surface area (Å²) < 4.78 is 0.964. The van der Waals surface area contributed by atoms with Crippen molar-refractivity contribution in [3.8, 4) is 0 Å². The molecule has 1 aliphatic rings. The van der Waals surface area contributed by atoms with Gasteiger partial charge in [-0.3, -0.25) is 9.59 Å². The normalized spacial score (nSPS) is 22.3. The number of hydrogen-bond donors (Lipinski definition) is 1. The lowest BCUT2D eigenvalue weighted by molar-refractivity contribution is -0.153. The molecule has 5 heteroatoms. The van der Waals surface area contributed by atoms with Crippen LogP contribution in [0.15, 0.2) is 28.7 Å². The Bertz CT molecular complexity index is 528. The average molecular weight is 325 g/mol. The molecular weight excluding hydrogens is 308 g/mol. The fourth-order valence-electron chi connectivity index (χ4n) is 2.18. The molecule has 102 valence electrons. The summed E-state index contributed by atoms with van der Waals surface area (Å²) in [6.07, 6.45) is 0. The third kappa shape index (κ3) is 2.81. The summed E-state index contributed by atoms with van der Waals surface area (Å²) in [5.41, 5.74) is 0.162. The summed E-state index contributed by atoms with van der Waals surface area (Å²) in [5, 5.41) is 2.74. The molecule has 1 unspecified atom stereocenters. The summed E-state index contributed by atoms with van der Waals surface area (Å²) in [6.45, 7) is 5.65. The zero-order valence-corrected chi connectivity index (χ0v) is 12.8. The highest BCUT2D eigenvalue weighted by Gasteiger charge is 2.43. The predicted octanol–water partition coefficient (Wildman–Crippen LogP) is 2.07. The summed E-state index contributed by atoms with van der Waals surface area (Å²) >= 11 is 3.41. The van der Waals surface area contributed by atoms with Crippen molar-refractivity contribution >= 4 is 27.7 Å². The lowest BCUT2D eigenvalue weighted by Crippen LogP contribution is -2.66. The first-order valence-electron chi connectivity index (χ1n) is 6.19. The zero-order chi connectivity index (χ0) is 14.2. The van der Waals surface area contributed by atoms with Crippen LogP contribution in [0.5, 0.6) is 0 Å². The van der Waals surface area contributed by atoms with Crippen molar-refractivity contribution in [1.82, 2.24) is 10.2 Å². The van der Waals surface area contributed by atoms with Crippen molar-refractivity contribution < 1.29 is 9.59 Å². The fraction of sp³-hybridized carbons (Fsp3) is 0.429. The SMILES string of the molecule is CC1C(=O)NC(C)(C)C(=O)N1Cc1cccc(Br)c1. The highest BCUT2D eigenvalue weighted by atomic mass is 79.9. The molecule has 0 spiro atoms. The van der Waals surface area contributed by atoms with Crippen LogP contribution in [0.25, 0.3) is 0 Å². The maximum atomic E-state index is 12.4. The molecule has 1 atom stereocenters. The third-order valence-corrected chi connectivity index (χ3v) is 3.81. The van der Waals surface area contributed by atoms with E-state index in [0.29, 0.717) is 6.54 Å². The highest BCUT2D eigenvalue weighted by molar-refractivity contribution is 9.10. The maximum Gasteiger partial charge on any atom is 0.248 e. The van der Waals surface area contributed by atoms with Gasteiger partial charge in [-0.05, 0) is 38.5 Å². The Labute approximate surface area is 121 Å². The second kappa shape index (κ2) is 4.96. The van der Waals surface area contributed by atoms with E-state index in [4.69, 9.17) is 0 Å². The molecule has 1 aromatic carbocycles. The average Bonchev–Trinajstić information content (AvgIpc) is 2.32. The largest absolute Gasteiger partial charge is 0.340 e. The van der Waals surface area contributed by atoms with Crippen molar-refractivity contribution in [1.29, 1.82) is 0 Å². The van der Waals surface area contributed by atoms with E-state index in [-0.39, 0.29) is 11.8 Å². The van der Waals surface area contributed by atoms with E-state index < -0.39 is 11.6 Å². The van der Waals surface area contributed by atoms with Gasteiger partial charge in [0.2, 0.25) is 11.8 Å². The molecule has 4 nitrogen and oxygen atoms in total. The van der Waals surface area contributed by atoms with Gasteiger partial charge < -0.3 is 10.2 Å². The molecule has 0 aromatic heterocycles. The Morgan fingerprint density at radius 1 is 1.37 bits per heavy atom. The minimum absolute atomic E-state index is 0.0559. The number of halogens is 1. The van der Waals surface area contributed by atoms with E-state index >= 15 is 0 Å². The quantitative estimate of drug-likeness (QED) is 0.905. The highest BCUT2D eigenvalue weighted by Crippen LogP contribution is 2.21. The molecule has 1 N–H and O–H groups in total. The zero-order valence-electron chi connectivity index (χ0n) is 11.2. The van der Waals surface area contributed by atoms with Crippen LogP contribution >= 0.6 is 15.9 Å². The second-order valence-corrected chi connectivity index (χ2v) is 6.27. The van der Waals surface area contributed by atoms with Crippen LogP contribution in [0.1, 0.15) is 26.3 Å². The van der Waals surface area contributed by atoms with Gasteiger partial charge in [0, 0.05) is 11.0 Å². The maximum absolute atomic E-state index is 12.4. The van der Waals surface area contributed by atoms with E-state index in [0.717, 1.165) is 10.0 Å². The number of piperazine rings is 1. The lowest BCUT2D eigenvalue weighted by Gasteiger charge is -2.41. The molecule has 0 saturated carbocycles.